The van der Waals surface area contributed by atoms with Gasteiger partial charge in [-0.1, -0.05) is 31.2 Å². The number of ether oxygens (including phenoxy) is 2. The third-order valence-corrected chi connectivity index (χ3v) is 5.21. The maximum Gasteiger partial charge on any atom is 0.270 e. The summed E-state index contributed by atoms with van der Waals surface area (Å²) < 4.78 is 10.9. The van der Waals surface area contributed by atoms with Gasteiger partial charge in [0, 0.05) is 0 Å². The van der Waals surface area contributed by atoms with Crippen molar-refractivity contribution in [2.45, 2.75) is 33.3 Å². The van der Waals surface area contributed by atoms with E-state index in [2.05, 4.69) is 5.32 Å². The number of carbonyl (C=O) groups excluding carboxylic acids is 3. The Bertz CT molecular complexity index is 1140. The zero-order valence-corrected chi connectivity index (χ0v) is 19.2. The Labute approximate surface area is 196 Å². The lowest BCUT2D eigenvalue weighted by Gasteiger charge is -2.30. The van der Waals surface area contributed by atoms with Crippen LogP contribution in [0.3, 0.4) is 0 Å². The molecule has 0 spiro atoms. The number of rotatable bonds is 8. The first-order chi connectivity index (χ1) is 15.8. The van der Waals surface area contributed by atoms with Gasteiger partial charge < -0.3 is 19.4 Å². The van der Waals surface area contributed by atoms with Crippen LogP contribution in [0.2, 0.25) is 0 Å². The van der Waals surface area contributed by atoms with E-state index in [9.17, 15) is 19.5 Å². The van der Waals surface area contributed by atoms with Gasteiger partial charge in [-0.2, -0.15) is 0 Å². The van der Waals surface area contributed by atoms with Gasteiger partial charge in [0.15, 0.2) is 16.6 Å². The first-order valence-corrected chi connectivity index (χ1v) is 10.8. The number of carboxylic acid groups (broad SMARTS) is 1. The molecule has 1 fully saturated rings. The predicted octanol–water partition coefficient (Wildman–Crippen LogP) is 2.00. The highest BCUT2D eigenvalue weighted by Gasteiger charge is 2.35. The van der Waals surface area contributed by atoms with Gasteiger partial charge in [0.1, 0.15) is 11.7 Å². The van der Waals surface area contributed by atoms with Gasteiger partial charge in [-0.25, -0.2) is 0 Å². The molecule has 2 aromatic carbocycles. The molecule has 1 aliphatic rings. The standard InChI is InChI=1S/C24H24N2O6S/c1-4-16-8-6-7-9-18(16)26-22(28)17(21(27)25-24(26)33)12-15-10-11-19(20(13-15)31-5-2)32-14(3)23(29)30/h6-14H,4-5H2,1-3H3,(H,29,30)(H,25,27,33)/p-1/b17-12-/t14-/m0/s1. The van der Waals surface area contributed by atoms with Crippen LogP contribution in [-0.2, 0) is 20.8 Å². The SMILES string of the molecule is CCOc1cc(/C=C2/C(=O)NC(=S)N(c3ccccc3CC)C2=O)ccc1O[C@@H](C)C(=O)[O-]. The summed E-state index contributed by atoms with van der Waals surface area (Å²) in [6.07, 6.45) is 0.918. The van der Waals surface area contributed by atoms with Crippen LogP contribution in [0.4, 0.5) is 5.69 Å². The van der Waals surface area contributed by atoms with E-state index >= 15 is 0 Å². The van der Waals surface area contributed by atoms with E-state index in [1.54, 1.807) is 31.2 Å². The largest absolute Gasteiger partial charge is 0.546 e. The number of hydrogen-bond acceptors (Lipinski definition) is 7. The molecule has 0 aromatic heterocycles. The monoisotopic (exact) mass is 467 g/mol. The van der Waals surface area contributed by atoms with Crippen molar-refractivity contribution in [3.05, 3.63) is 59.2 Å². The summed E-state index contributed by atoms with van der Waals surface area (Å²) in [6, 6.07) is 12.0. The first-order valence-electron chi connectivity index (χ1n) is 10.4. The molecule has 0 aliphatic carbocycles. The minimum atomic E-state index is -1.36. The number of anilines is 1. The van der Waals surface area contributed by atoms with Crippen molar-refractivity contribution in [3.8, 4) is 11.5 Å². The third-order valence-electron chi connectivity index (χ3n) is 4.93. The second kappa shape index (κ2) is 10.3. The second-order valence-corrected chi connectivity index (χ2v) is 7.55. The molecule has 0 saturated carbocycles. The molecule has 33 heavy (non-hydrogen) atoms. The molecular weight excluding hydrogens is 444 g/mol. The van der Waals surface area contributed by atoms with Crippen LogP contribution < -0.4 is 24.8 Å². The van der Waals surface area contributed by atoms with Crippen molar-refractivity contribution in [3.63, 3.8) is 0 Å². The quantitative estimate of drug-likeness (QED) is 0.359. The number of benzene rings is 2. The molecule has 0 unspecified atom stereocenters. The topological polar surface area (TPSA) is 108 Å². The summed E-state index contributed by atoms with van der Waals surface area (Å²) in [5.74, 6) is -2.05. The van der Waals surface area contributed by atoms with Gasteiger partial charge >= 0.3 is 0 Å². The Balaban J connectivity index is 1.99. The maximum atomic E-state index is 13.3. The van der Waals surface area contributed by atoms with E-state index in [1.807, 2.05) is 19.1 Å². The lowest BCUT2D eigenvalue weighted by Crippen LogP contribution is -2.54. The average molecular weight is 468 g/mol. The number of hydrogen-bond donors (Lipinski definition) is 1. The molecule has 8 nitrogen and oxygen atoms in total. The van der Waals surface area contributed by atoms with Crippen molar-refractivity contribution in [2.75, 3.05) is 11.5 Å². The molecule has 1 heterocycles. The molecule has 2 amide bonds. The summed E-state index contributed by atoms with van der Waals surface area (Å²) >= 11 is 5.28. The molecule has 1 atom stereocenters. The Morgan fingerprint density at radius 2 is 1.91 bits per heavy atom. The molecule has 1 saturated heterocycles. The van der Waals surface area contributed by atoms with Crippen molar-refractivity contribution in [1.82, 2.24) is 5.32 Å². The van der Waals surface area contributed by atoms with Crippen LogP contribution in [0.25, 0.3) is 6.08 Å². The van der Waals surface area contributed by atoms with Crippen molar-refractivity contribution in [2.24, 2.45) is 0 Å². The van der Waals surface area contributed by atoms with E-state index in [1.165, 1.54) is 24.0 Å². The summed E-state index contributed by atoms with van der Waals surface area (Å²) in [5, 5.41) is 13.6. The van der Waals surface area contributed by atoms with Gasteiger partial charge in [-0.05, 0) is 67.9 Å². The van der Waals surface area contributed by atoms with Gasteiger partial charge in [0.2, 0.25) is 0 Å². The van der Waals surface area contributed by atoms with E-state index in [0.717, 1.165) is 5.56 Å². The fourth-order valence-corrected chi connectivity index (χ4v) is 3.56. The molecule has 0 bridgehead atoms. The van der Waals surface area contributed by atoms with Crippen molar-refractivity contribution >= 4 is 46.9 Å². The summed E-state index contributed by atoms with van der Waals surface area (Å²) in [6.45, 7) is 5.37. The van der Waals surface area contributed by atoms with Gasteiger partial charge in [0.05, 0.1) is 18.3 Å². The minimum absolute atomic E-state index is 0.0121. The normalized spacial score (nSPS) is 15.9. The van der Waals surface area contributed by atoms with Crippen molar-refractivity contribution in [1.29, 1.82) is 0 Å². The highest BCUT2D eigenvalue weighted by atomic mass is 32.1. The number of aryl methyl sites for hydroxylation is 1. The lowest BCUT2D eigenvalue weighted by atomic mass is 10.0. The number of nitrogens with one attached hydrogen (secondary N) is 1. The lowest BCUT2D eigenvalue weighted by molar-refractivity contribution is -0.312. The van der Waals surface area contributed by atoms with E-state index in [-0.39, 0.29) is 22.2 Å². The summed E-state index contributed by atoms with van der Waals surface area (Å²) in [4.78, 5) is 38.2. The zero-order valence-electron chi connectivity index (χ0n) is 18.4. The maximum absolute atomic E-state index is 13.3. The summed E-state index contributed by atoms with van der Waals surface area (Å²) in [7, 11) is 0. The van der Waals surface area contributed by atoms with Crippen molar-refractivity contribution < 1.29 is 29.0 Å². The molecule has 1 aliphatic heterocycles. The molecule has 1 N–H and O–H groups in total. The molecule has 9 heteroatoms. The number of thiocarbonyl (C=S) groups is 1. The smallest absolute Gasteiger partial charge is 0.270 e. The number of amides is 2. The number of para-hydroxylation sites is 1. The second-order valence-electron chi connectivity index (χ2n) is 7.16. The van der Waals surface area contributed by atoms with Crippen LogP contribution in [0.5, 0.6) is 11.5 Å². The highest BCUT2D eigenvalue weighted by molar-refractivity contribution is 7.80. The first kappa shape index (κ1) is 23.9. The highest BCUT2D eigenvalue weighted by Crippen LogP contribution is 2.31. The van der Waals surface area contributed by atoms with Crippen LogP contribution in [-0.4, -0.2) is 35.6 Å². The zero-order chi connectivity index (χ0) is 24.1. The Hall–Kier alpha value is -3.72. The fraction of sp³-hybridized carbons (Fsp3) is 0.250. The van der Waals surface area contributed by atoms with E-state index < -0.39 is 23.9 Å². The molecular formula is C24H23N2O6S-. The minimum Gasteiger partial charge on any atom is -0.546 e. The number of carbonyl (C=O) groups is 3. The van der Waals surface area contributed by atoms with E-state index in [4.69, 9.17) is 21.7 Å². The Morgan fingerprint density at radius 3 is 2.58 bits per heavy atom. The van der Waals surface area contributed by atoms with Gasteiger partial charge in [-0.3, -0.25) is 19.8 Å². The Kier molecular flexibility index (Phi) is 7.44. The Morgan fingerprint density at radius 1 is 1.18 bits per heavy atom. The fourth-order valence-electron chi connectivity index (χ4n) is 3.29. The number of carboxylic acids is 1. The number of aliphatic carboxylic acids is 1. The van der Waals surface area contributed by atoms with Crippen LogP contribution >= 0.6 is 12.2 Å². The van der Waals surface area contributed by atoms with Gasteiger partial charge in [-0.15, -0.1) is 0 Å². The third kappa shape index (κ3) is 5.20. The van der Waals surface area contributed by atoms with Crippen LogP contribution in [0.15, 0.2) is 48.0 Å². The van der Waals surface area contributed by atoms with Crippen LogP contribution in [0, 0.1) is 0 Å². The van der Waals surface area contributed by atoms with Crippen LogP contribution in [0.1, 0.15) is 31.9 Å². The predicted molar refractivity (Wildman–Crippen MR) is 125 cm³/mol. The molecule has 0 radical (unpaired) electrons. The molecule has 2 aromatic rings. The number of nitrogens with zero attached hydrogens (tertiary/aromatic N) is 1. The molecule has 172 valence electrons. The van der Waals surface area contributed by atoms with Gasteiger partial charge in [0.25, 0.3) is 11.8 Å². The van der Waals surface area contributed by atoms with E-state index in [0.29, 0.717) is 24.3 Å². The molecule has 3 rings (SSSR count). The average Bonchev–Trinajstić information content (AvgIpc) is 2.78. The summed E-state index contributed by atoms with van der Waals surface area (Å²) in [5.41, 5.74) is 1.90.